The average Bonchev–Trinajstić information content (AvgIpc) is 2.49. The quantitative estimate of drug-likeness (QED) is 0.815. The molecule has 2 N–H and O–H groups in total. The van der Waals surface area contributed by atoms with Crippen molar-refractivity contribution in [3.63, 3.8) is 0 Å². The molecule has 1 heterocycles. The topological polar surface area (TPSA) is 69.6 Å². The number of benzene rings is 1. The third-order valence-corrected chi connectivity index (χ3v) is 5.53. The maximum absolute atomic E-state index is 13.6. The molecule has 1 aliphatic rings. The van der Waals surface area contributed by atoms with E-state index in [1.54, 1.807) is 6.92 Å². The lowest BCUT2D eigenvalue weighted by Crippen LogP contribution is -2.46. The molecule has 1 fully saturated rings. The number of aliphatic hydroxyl groups is 1. The summed E-state index contributed by atoms with van der Waals surface area (Å²) in [5.41, 5.74) is -0.318. The largest absolute Gasteiger partial charge is 0.387 e. The number of piperidine rings is 1. The van der Waals surface area contributed by atoms with Crippen LogP contribution in [0.5, 0.6) is 0 Å². The SMILES string of the molecule is CCS(=O)(=O)NC1CCN(CC(O)c2c(F)cccc2F)CC1. The molecule has 23 heavy (non-hydrogen) atoms. The van der Waals surface area contributed by atoms with Crippen LogP contribution in [-0.4, -0.2) is 49.9 Å². The maximum Gasteiger partial charge on any atom is 0.211 e. The lowest BCUT2D eigenvalue weighted by Gasteiger charge is -2.33. The predicted molar refractivity (Wildman–Crippen MR) is 83.4 cm³/mol. The third-order valence-electron chi connectivity index (χ3n) is 4.08. The molecule has 1 unspecified atom stereocenters. The molecule has 2 rings (SSSR count). The van der Waals surface area contributed by atoms with E-state index in [0.29, 0.717) is 25.9 Å². The number of nitrogens with zero attached hydrogens (tertiary/aromatic N) is 1. The third kappa shape index (κ3) is 4.94. The van der Waals surface area contributed by atoms with Gasteiger partial charge in [-0.25, -0.2) is 21.9 Å². The van der Waals surface area contributed by atoms with Crippen LogP contribution in [0.25, 0.3) is 0 Å². The molecule has 8 heteroatoms. The average molecular weight is 348 g/mol. The highest BCUT2D eigenvalue weighted by Gasteiger charge is 2.26. The molecule has 1 aromatic rings. The molecule has 0 amide bonds. The maximum atomic E-state index is 13.6. The van der Waals surface area contributed by atoms with Gasteiger partial charge in [-0.15, -0.1) is 0 Å². The van der Waals surface area contributed by atoms with Crippen LogP contribution in [0.15, 0.2) is 18.2 Å². The number of halogens is 2. The lowest BCUT2D eigenvalue weighted by molar-refractivity contribution is 0.0911. The Morgan fingerprint density at radius 3 is 2.39 bits per heavy atom. The second kappa shape index (κ2) is 7.65. The zero-order valence-corrected chi connectivity index (χ0v) is 13.8. The Morgan fingerprint density at radius 1 is 1.30 bits per heavy atom. The van der Waals surface area contributed by atoms with Crippen molar-refractivity contribution in [2.45, 2.75) is 31.9 Å². The van der Waals surface area contributed by atoms with Crippen LogP contribution in [0.3, 0.4) is 0 Å². The van der Waals surface area contributed by atoms with Gasteiger partial charge in [0.05, 0.1) is 17.4 Å². The van der Waals surface area contributed by atoms with E-state index in [1.807, 2.05) is 4.90 Å². The first-order valence-corrected chi connectivity index (χ1v) is 9.32. The van der Waals surface area contributed by atoms with Crippen LogP contribution in [0.1, 0.15) is 31.4 Å². The van der Waals surface area contributed by atoms with Gasteiger partial charge in [-0.05, 0) is 45.0 Å². The van der Waals surface area contributed by atoms with Gasteiger partial charge >= 0.3 is 0 Å². The van der Waals surface area contributed by atoms with E-state index in [0.717, 1.165) is 12.1 Å². The van der Waals surface area contributed by atoms with Gasteiger partial charge < -0.3 is 10.0 Å². The fourth-order valence-electron chi connectivity index (χ4n) is 2.74. The van der Waals surface area contributed by atoms with Crippen LogP contribution in [0.2, 0.25) is 0 Å². The van der Waals surface area contributed by atoms with Gasteiger partial charge in [-0.2, -0.15) is 0 Å². The molecule has 1 atom stereocenters. The predicted octanol–water partition coefficient (Wildman–Crippen LogP) is 1.40. The normalized spacial score (nSPS) is 19.0. The molecular formula is C15H22F2N2O3S. The van der Waals surface area contributed by atoms with Crippen molar-refractivity contribution in [1.29, 1.82) is 0 Å². The Hall–Kier alpha value is -1.09. The van der Waals surface area contributed by atoms with E-state index < -0.39 is 27.8 Å². The molecule has 5 nitrogen and oxygen atoms in total. The van der Waals surface area contributed by atoms with E-state index in [2.05, 4.69) is 4.72 Å². The van der Waals surface area contributed by atoms with Crippen LogP contribution in [0.4, 0.5) is 8.78 Å². The number of hydrogen-bond donors (Lipinski definition) is 2. The Balaban J connectivity index is 1.89. The number of likely N-dealkylation sites (tertiary alicyclic amines) is 1. The lowest BCUT2D eigenvalue weighted by atomic mass is 10.0. The number of nitrogens with one attached hydrogen (secondary N) is 1. The molecule has 0 radical (unpaired) electrons. The van der Waals surface area contributed by atoms with Crippen LogP contribution >= 0.6 is 0 Å². The summed E-state index contributed by atoms with van der Waals surface area (Å²) in [4.78, 5) is 1.88. The highest BCUT2D eigenvalue weighted by atomic mass is 32.2. The van der Waals surface area contributed by atoms with Crippen LogP contribution in [0, 0.1) is 11.6 Å². The van der Waals surface area contributed by atoms with Gasteiger partial charge in [-0.3, -0.25) is 0 Å². The summed E-state index contributed by atoms with van der Waals surface area (Å²) in [6, 6.07) is 3.37. The Morgan fingerprint density at radius 2 is 1.87 bits per heavy atom. The van der Waals surface area contributed by atoms with E-state index in [1.165, 1.54) is 6.07 Å². The molecular weight excluding hydrogens is 326 g/mol. The zero-order valence-electron chi connectivity index (χ0n) is 13.0. The first-order chi connectivity index (χ1) is 10.8. The van der Waals surface area contributed by atoms with Gasteiger partial charge in [0.1, 0.15) is 11.6 Å². The number of β-amino-alcohol motifs (C(OH)–C–C–N with tert-alkyl or cyclic N) is 1. The Bertz CT molecular complexity index is 611. The van der Waals surface area contributed by atoms with Crippen molar-refractivity contribution < 1.29 is 22.3 Å². The van der Waals surface area contributed by atoms with Crippen molar-refractivity contribution in [2.24, 2.45) is 0 Å². The van der Waals surface area contributed by atoms with Crippen molar-refractivity contribution in [2.75, 3.05) is 25.4 Å². The van der Waals surface area contributed by atoms with E-state index in [-0.39, 0.29) is 23.9 Å². The summed E-state index contributed by atoms with van der Waals surface area (Å²) in [7, 11) is -3.23. The molecule has 1 saturated heterocycles. The second-order valence-electron chi connectivity index (χ2n) is 5.75. The summed E-state index contributed by atoms with van der Waals surface area (Å²) in [6.07, 6.45) is -0.0442. The highest BCUT2D eigenvalue weighted by molar-refractivity contribution is 7.89. The van der Waals surface area contributed by atoms with E-state index >= 15 is 0 Å². The van der Waals surface area contributed by atoms with Crippen molar-refractivity contribution >= 4 is 10.0 Å². The summed E-state index contributed by atoms with van der Waals surface area (Å²) in [6.45, 7) is 2.82. The summed E-state index contributed by atoms with van der Waals surface area (Å²) >= 11 is 0. The van der Waals surface area contributed by atoms with Crippen molar-refractivity contribution in [3.8, 4) is 0 Å². The van der Waals surface area contributed by atoms with Gasteiger partial charge in [0, 0.05) is 12.6 Å². The van der Waals surface area contributed by atoms with Gasteiger partial charge in [-0.1, -0.05) is 6.07 Å². The molecule has 1 aromatic carbocycles. The first kappa shape index (κ1) is 18.3. The minimum absolute atomic E-state index is 0.0402. The van der Waals surface area contributed by atoms with Crippen LogP contribution in [-0.2, 0) is 10.0 Å². The molecule has 0 saturated carbocycles. The number of rotatable bonds is 6. The number of sulfonamides is 1. The smallest absolute Gasteiger partial charge is 0.211 e. The highest BCUT2D eigenvalue weighted by Crippen LogP contribution is 2.23. The Labute approximate surface area is 135 Å². The van der Waals surface area contributed by atoms with E-state index in [9.17, 15) is 22.3 Å². The van der Waals surface area contributed by atoms with Gasteiger partial charge in [0.15, 0.2) is 0 Å². The monoisotopic (exact) mass is 348 g/mol. The zero-order chi connectivity index (χ0) is 17.0. The second-order valence-corrected chi connectivity index (χ2v) is 7.79. The molecule has 130 valence electrons. The summed E-state index contributed by atoms with van der Waals surface area (Å²) < 4.78 is 53.0. The minimum Gasteiger partial charge on any atom is -0.387 e. The fourth-order valence-corrected chi connectivity index (χ4v) is 3.65. The first-order valence-electron chi connectivity index (χ1n) is 7.66. The molecule has 0 aliphatic carbocycles. The molecule has 0 spiro atoms. The molecule has 1 aliphatic heterocycles. The Kier molecular flexibility index (Phi) is 6.07. The van der Waals surface area contributed by atoms with Gasteiger partial charge in [0.2, 0.25) is 10.0 Å². The summed E-state index contributed by atoms with van der Waals surface area (Å²) in [5.74, 6) is -1.48. The van der Waals surface area contributed by atoms with Crippen molar-refractivity contribution in [3.05, 3.63) is 35.4 Å². The molecule has 0 bridgehead atoms. The van der Waals surface area contributed by atoms with Gasteiger partial charge in [0.25, 0.3) is 0 Å². The number of aliphatic hydroxyl groups excluding tert-OH is 1. The number of hydrogen-bond acceptors (Lipinski definition) is 4. The van der Waals surface area contributed by atoms with E-state index in [4.69, 9.17) is 0 Å². The summed E-state index contributed by atoms with van der Waals surface area (Å²) in [5, 5.41) is 10.1. The van der Waals surface area contributed by atoms with Crippen molar-refractivity contribution in [1.82, 2.24) is 9.62 Å². The fraction of sp³-hybridized carbons (Fsp3) is 0.600. The van der Waals surface area contributed by atoms with Crippen LogP contribution < -0.4 is 4.72 Å². The molecule has 0 aromatic heterocycles. The standard InChI is InChI=1S/C15H22F2N2O3S/c1-2-23(21,22)18-11-6-8-19(9-7-11)10-14(20)15-12(16)4-3-5-13(15)17/h3-5,11,14,18,20H,2,6-10H2,1H3. The minimum atomic E-state index is -3.23.